The van der Waals surface area contributed by atoms with E-state index in [1.165, 1.54) is 0 Å². The lowest BCUT2D eigenvalue weighted by molar-refractivity contribution is 1.12. The van der Waals surface area contributed by atoms with E-state index in [-0.39, 0.29) is 5.95 Å². The van der Waals surface area contributed by atoms with E-state index in [0.717, 1.165) is 21.4 Å². The molecule has 88 valence electrons. The Bertz CT molecular complexity index is 534. The SMILES string of the molecule is Cc1cc(Nc2cc(Br)ccc2C)nc(N)n1. The van der Waals surface area contributed by atoms with Crippen molar-refractivity contribution < 1.29 is 0 Å². The molecule has 1 aromatic carbocycles. The molecule has 1 heterocycles. The van der Waals surface area contributed by atoms with Gasteiger partial charge < -0.3 is 11.1 Å². The van der Waals surface area contributed by atoms with Gasteiger partial charge in [-0.05, 0) is 31.5 Å². The highest BCUT2D eigenvalue weighted by Crippen LogP contribution is 2.23. The summed E-state index contributed by atoms with van der Waals surface area (Å²) in [5.74, 6) is 0.983. The average molecular weight is 293 g/mol. The first-order valence-electron chi connectivity index (χ1n) is 5.19. The van der Waals surface area contributed by atoms with E-state index >= 15 is 0 Å². The lowest BCUT2D eigenvalue weighted by Gasteiger charge is -2.10. The van der Waals surface area contributed by atoms with E-state index in [1.54, 1.807) is 0 Å². The number of nitrogens with zero attached hydrogens (tertiary/aromatic N) is 2. The van der Waals surface area contributed by atoms with E-state index in [1.807, 2.05) is 38.1 Å². The molecular formula is C12H13BrN4. The van der Waals surface area contributed by atoms with Crippen LogP contribution >= 0.6 is 15.9 Å². The summed E-state index contributed by atoms with van der Waals surface area (Å²) in [7, 11) is 0. The van der Waals surface area contributed by atoms with Crippen molar-refractivity contribution in [3.63, 3.8) is 0 Å². The van der Waals surface area contributed by atoms with Gasteiger partial charge in [0.25, 0.3) is 0 Å². The standard InChI is InChI=1S/C12H13BrN4/c1-7-3-4-9(13)6-10(7)16-11-5-8(2)15-12(14)17-11/h3-6H,1-2H3,(H3,14,15,16,17). The number of nitrogen functional groups attached to an aromatic ring is 1. The first-order chi connectivity index (χ1) is 8.04. The van der Waals surface area contributed by atoms with E-state index in [0.29, 0.717) is 5.82 Å². The monoisotopic (exact) mass is 292 g/mol. The molecule has 0 radical (unpaired) electrons. The zero-order valence-corrected chi connectivity index (χ0v) is 11.2. The van der Waals surface area contributed by atoms with Gasteiger partial charge in [-0.1, -0.05) is 22.0 Å². The minimum Gasteiger partial charge on any atom is -0.368 e. The Morgan fingerprint density at radius 3 is 2.65 bits per heavy atom. The zero-order valence-electron chi connectivity index (χ0n) is 9.66. The number of anilines is 3. The van der Waals surface area contributed by atoms with Crippen molar-refractivity contribution in [1.29, 1.82) is 0 Å². The summed E-state index contributed by atoms with van der Waals surface area (Å²) in [6, 6.07) is 7.89. The second kappa shape index (κ2) is 4.71. The van der Waals surface area contributed by atoms with Gasteiger partial charge in [0.2, 0.25) is 5.95 Å². The second-order valence-electron chi connectivity index (χ2n) is 3.84. The maximum absolute atomic E-state index is 5.61. The first kappa shape index (κ1) is 11.9. The third-order valence-corrected chi connectivity index (χ3v) is 2.83. The number of aryl methyl sites for hydroxylation is 2. The molecule has 0 atom stereocenters. The zero-order chi connectivity index (χ0) is 12.4. The highest BCUT2D eigenvalue weighted by Gasteiger charge is 2.03. The summed E-state index contributed by atoms with van der Waals surface area (Å²) < 4.78 is 1.02. The number of nitrogens with two attached hydrogens (primary N) is 1. The summed E-state index contributed by atoms with van der Waals surface area (Å²) in [4.78, 5) is 8.17. The molecule has 0 amide bonds. The van der Waals surface area contributed by atoms with Crippen molar-refractivity contribution in [3.05, 3.63) is 40.0 Å². The molecule has 0 unspecified atom stereocenters. The number of hydrogen-bond acceptors (Lipinski definition) is 4. The van der Waals surface area contributed by atoms with Crippen LogP contribution in [0.2, 0.25) is 0 Å². The van der Waals surface area contributed by atoms with Gasteiger partial charge in [0.1, 0.15) is 5.82 Å². The molecule has 0 spiro atoms. The van der Waals surface area contributed by atoms with E-state index in [9.17, 15) is 0 Å². The van der Waals surface area contributed by atoms with Gasteiger partial charge in [0.05, 0.1) is 0 Å². The average Bonchev–Trinajstić information content (AvgIpc) is 2.22. The topological polar surface area (TPSA) is 63.8 Å². The highest BCUT2D eigenvalue weighted by atomic mass is 79.9. The highest BCUT2D eigenvalue weighted by molar-refractivity contribution is 9.10. The Labute approximate surface area is 108 Å². The van der Waals surface area contributed by atoms with Gasteiger partial charge in [-0.25, -0.2) is 4.98 Å². The molecule has 0 saturated carbocycles. The Hall–Kier alpha value is -1.62. The molecule has 2 aromatic rings. The van der Waals surface area contributed by atoms with Crippen molar-refractivity contribution in [2.45, 2.75) is 13.8 Å². The van der Waals surface area contributed by atoms with Crippen LogP contribution < -0.4 is 11.1 Å². The van der Waals surface area contributed by atoms with E-state index in [2.05, 4.69) is 31.2 Å². The van der Waals surface area contributed by atoms with Crippen LogP contribution in [0.25, 0.3) is 0 Å². The number of nitrogens with one attached hydrogen (secondary N) is 1. The normalized spacial score (nSPS) is 10.3. The van der Waals surface area contributed by atoms with Crippen LogP contribution in [-0.4, -0.2) is 9.97 Å². The predicted octanol–water partition coefficient (Wildman–Crippen LogP) is 3.18. The largest absolute Gasteiger partial charge is 0.368 e. The summed E-state index contributed by atoms with van der Waals surface area (Å²) in [5, 5.41) is 3.23. The summed E-state index contributed by atoms with van der Waals surface area (Å²) in [6.07, 6.45) is 0. The van der Waals surface area contributed by atoms with Gasteiger partial charge in [0, 0.05) is 21.9 Å². The third kappa shape index (κ3) is 2.94. The molecule has 4 nitrogen and oxygen atoms in total. The van der Waals surface area contributed by atoms with Crippen LogP contribution in [0.3, 0.4) is 0 Å². The van der Waals surface area contributed by atoms with Gasteiger partial charge in [-0.2, -0.15) is 4.98 Å². The number of benzene rings is 1. The lowest BCUT2D eigenvalue weighted by atomic mass is 10.2. The van der Waals surface area contributed by atoms with Crippen molar-refractivity contribution in [1.82, 2.24) is 9.97 Å². The van der Waals surface area contributed by atoms with Crippen LogP contribution in [0.15, 0.2) is 28.7 Å². The molecule has 3 N–H and O–H groups in total. The third-order valence-electron chi connectivity index (χ3n) is 2.33. The fourth-order valence-corrected chi connectivity index (χ4v) is 1.88. The van der Waals surface area contributed by atoms with E-state index in [4.69, 9.17) is 5.73 Å². The van der Waals surface area contributed by atoms with Crippen molar-refractivity contribution >= 4 is 33.4 Å². The van der Waals surface area contributed by atoms with Gasteiger partial charge in [-0.15, -0.1) is 0 Å². The Kier molecular flexibility index (Phi) is 3.28. The molecule has 0 aliphatic carbocycles. The maximum atomic E-state index is 5.61. The molecule has 0 fully saturated rings. The minimum atomic E-state index is 0.278. The molecule has 17 heavy (non-hydrogen) atoms. The summed E-state index contributed by atoms with van der Waals surface area (Å²) in [6.45, 7) is 3.92. The maximum Gasteiger partial charge on any atom is 0.222 e. The first-order valence-corrected chi connectivity index (χ1v) is 5.98. The minimum absolute atomic E-state index is 0.278. The summed E-state index contributed by atoms with van der Waals surface area (Å²) >= 11 is 3.44. The van der Waals surface area contributed by atoms with Crippen LogP contribution in [0.5, 0.6) is 0 Å². The molecule has 0 aliphatic rings. The molecule has 1 aromatic heterocycles. The van der Waals surface area contributed by atoms with Crippen molar-refractivity contribution in [2.75, 3.05) is 11.1 Å². The molecule has 0 bridgehead atoms. The van der Waals surface area contributed by atoms with Crippen LogP contribution in [-0.2, 0) is 0 Å². The number of hydrogen-bond donors (Lipinski definition) is 2. The lowest BCUT2D eigenvalue weighted by Crippen LogP contribution is -2.02. The molecule has 5 heteroatoms. The predicted molar refractivity (Wildman–Crippen MR) is 73.3 cm³/mol. The van der Waals surface area contributed by atoms with Crippen molar-refractivity contribution in [2.24, 2.45) is 0 Å². The van der Waals surface area contributed by atoms with Gasteiger partial charge in [0.15, 0.2) is 0 Å². The number of halogens is 1. The number of aromatic nitrogens is 2. The Balaban J connectivity index is 2.34. The summed E-state index contributed by atoms with van der Waals surface area (Å²) in [5.41, 5.74) is 8.59. The smallest absolute Gasteiger partial charge is 0.222 e. The fraction of sp³-hybridized carbons (Fsp3) is 0.167. The molecule has 2 rings (SSSR count). The van der Waals surface area contributed by atoms with E-state index < -0.39 is 0 Å². The van der Waals surface area contributed by atoms with Crippen LogP contribution in [0, 0.1) is 13.8 Å². The van der Waals surface area contributed by atoms with Gasteiger partial charge >= 0.3 is 0 Å². The Morgan fingerprint density at radius 2 is 1.94 bits per heavy atom. The second-order valence-corrected chi connectivity index (χ2v) is 4.75. The van der Waals surface area contributed by atoms with Crippen LogP contribution in [0.4, 0.5) is 17.5 Å². The quantitative estimate of drug-likeness (QED) is 0.892. The number of rotatable bonds is 2. The van der Waals surface area contributed by atoms with Crippen LogP contribution in [0.1, 0.15) is 11.3 Å². The Morgan fingerprint density at radius 1 is 1.18 bits per heavy atom. The van der Waals surface area contributed by atoms with Crippen molar-refractivity contribution in [3.8, 4) is 0 Å². The van der Waals surface area contributed by atoms with Gasteiger partial charge in [-0.3, -0.25) is 0 Å². The molecule has 0 saturated heterocycles. The fourth-order valence-electron chi connectivity index (χ4n) is 1.52. The molecular weight excluding hydrogens is 280 g/mol. The molecule has 0 aliphatic heterocycles.